The second kappa shape index (κ2) is 7.90. The van der Waals surface area contributed by atoms with Gasteiger partial charge in [0.25, 0.3) is 0 Å². The largest absolute Gasteiger partial charge is 0.504 e. The summed E-state index contributed by atoms with van der Waals surface area (Å²) < 4.78 is 0. The van der Waals surface area contributed by atoms with E-state index in [1.54, 1.807) is 30.3 Å². The van der Waals surface area contributed by atoms with Crippen LogP contribution in [0.2, 0.25) is 10.0 Å². The Labute approximate surface area is 144 Å². The Hall–Kier alpha value is -2.17. The van der Waals surface area contributed by atoms with Gasteiger partial charge in [0.2, 0.25) is 5.91 Å². The van der Waals surface area contributed by atoms with Crippen LogP contribution in [0.1, 0.15) is 11.1 Å². The Morgan fingerprint density at radius 2 is 1.91 bits per heavy atom. The summed E-state index contributed by atoms with van der Waals surface area (Å²) in [6.45, 7) is 0.399. The third kappa shape index (κ3) is 4.91. The summed E-state index contributed by atoms with van der Waals surface area (Å²) in [6.07, 6.45) is 3.51. The molecule has 2 rings (SSSR count). The van der Waals surface area contributed by atoms with Crippen molar-refractivity contribution in [2.24, 2.45) is 0 Å². The summed E-state index contributed by atoms with van der Waals surface area (Å²) in [5.41, 5.74) is 1.47. The van der Waals surface area contributed by atoms with Crippen LogP contribution in [0.15, 0.2) is 42.5 Å². The first-order valence-corrected chi connectivity index (χ1v) is 7.64. The van der Waals surface area contributed by atoms with Gasteiger partial charge in [0, 0.05) is 12.6 Å². The Balaban J connectivity index is 1.86. The molecule has 0 spiro atoms. The monoisotopic (exact) mass is 351 g/mol. The molecule has 0 radical (unpaired) electrons. The number of carbonyl (C=O) groups is 1. The quantitative estimate of drug-likeness (QED) is 0.567. The van der Waals surface area contributed by atoms with Crippen LogP contribution < -0.4 is 5.32 Å². The molecule has 120 valence electrons. The minimum absolute atomic E-state index is 0.167. The standard InChI is InChI=1S/C17H15Cl2NO3/c18-13-3-1-2-12(17(13)19)5-7-16(23)20-9-8-11-4-6-14(21)15(22)10-11/h1-7,10,21-22H,8-9H2,(H,20,23)/b7-5+. The highest BCUT2D eigenvalue weighted by Crippen LogP contribution is 2.26. The lowest BCUT2D eigenvalue weighted by Crippen LogP contribution is -2.23. The average molecular weight is 352 g/mol. The van der Waals surface area contributed by atoms with E-state index in [-0.39, 0.29) is 17.4 Å². The lowest BCUT2D eigenvalue weighted by Gasteiger charge is -2.05. The van der Waals surface area contributed by atoms with Crippen LogP contribution in [0.4, 0.5) is 0 Å². The van der Waals surface area contributed by atoms with Crippen LogP contribution in [-0.4, -0.2) is 22.7 Å². The minimum atomic E-state index is -0.260. The van der Waals surface area contributed by atoms with Gasteiger partial charge in [-0.1, -0.05) is 41.4 Å². The SMILES string of the molecule is O=C(/C=C/c1cccc(Cl)c1Cl)NCCc1ccc(O)c(O)c1. The number of nitrogens with one attached hydrogen (secondary N) is 1. The zero-order valence-corrected chi connectivity index (χ0v) is 13.6. The molecule has 1 amide bonds. The van der Waals surface area contributed by atoms with Crippen LogP contribution in [0.25, 0.3) is 6.08 Å². The van der Waals surface area contributed by atoms with Gasteiger partial charge in [-0.25, -0.2) is 0 Å². The molecule has 0 aromatic heterocycles. The number of carbonyl (C=O) groups excluding carboxylic acids is 1. The number of halogens is 2. The first-order valence-electron chi connectivity index (χ1n) is 6.88. The van der Waals surface area contributed by atoms with Gasteiger partial charge >= 0.3 is 0 Å². The number of phenolic OH excluding ortho intramolecular Hbond substituents is 2. The molecule has 0 saturated carbocycles. The molecule has 6 heteroatoms. The topological polar surface area (TPSA) is 69.6 Å². The van der Waals surface area contributed by atoms with Crippen molar-refractivity contribution in [2.45, 2.75) is 6.42 Å². The molecule has 0 aliphatic heterocycles. The summed E-state index contributed by atoms with van der Waals surface area (Å²) in [6, 6.07) is 9.74. The Bertz CT molecular complexity index is 745. The zero-order valence-electron chi connectivity index (χ0n) is 12.1. The smallest absolute Gasteiger partial charge is 0.244 e. The summed E-state index contributed by atoms with van der Waals surface area (Å²) >= 11 is 11.9. The highest BCUT2D eigenvalue weighted by atomic mass is 35.5. The molecule has 0 heterocycles. The van der Waals surface area contributed by atoms with Gasteiger partial charge in [-0.3, -0.25) is 4.79 Å². The zero-order chi connectivity index (χ0) is 16.8. The van der Waals surface area contributed by atoms with E-state index in [1.165, 1.54) is 18.2 Å². The highest BCUT2D eigenvalue weighted by molar-refractivity contribution is 6.42. The van der Waals surface area contributed by atoms with Gasteiger partial charge in [0.1, 0.15) is 0 Å². The molecule has 0 bridgehead atoms. The summed E-state index contributed by atoms with van der Waals surface area (Å²) in [5, 5.41) is 22.2. The molecule has 4 nitrogen and oxygen atoms in total. The second-order valence-corrected chi connectivity index (χ2v) is 5.63. The molecule has 0 aliphatic carbocycles. The normalized spacial score (nSPS) is 10.9. The van der Waals surface area contributed by atoms with Crippen molar-refractivity contribution in [1.82, 2.24) is 5.32 Å². The number of phenols is 2. The number of hydrogen-bond donors (Lipinski definition) is 3. The average Bonchev–Trinajstić information content (AvgIpc) is 2.52. The Morgan fingerprint density at radius 1 is 1.13 bits per heavy atom. The molecular weight excluding hydrogens is 337 g/mol. The van der Waals surface area contributed by atoms with Crippen molar-refractivity contribution in [2.75, 3.05) is 6.54 Å². The molecular formula is C17H15Cl2NO3. The second-order valence-electron chi connectivity index (χ2n) is 4.84. The van der Waals surface area contributed by atoms with Crippen molar-refractivity contribution < 1.29 is 15.0 Å². The predicted molar refractivity (Wildman–Crippen MR) is 92.0 cm³/mol. The number of hydrogen-bond acceptors (Lipinski definition) is 3. The molecule has 2 aromatic carbocycles. The third-order valence-corrected chi connectivity index (χ3v) is 3.98. The van der Waals surface area contributed by atoms with Crippen molar-refractivity contribution in [3.8, 4) is 11.5 Å². The van der Waals surface area contributed by atoms with Gasteiger partial charge in [-0.05, 0) is 41.8 Å². The minimum Gasteiger partial charge on any atom is -0.504 e. The molecule has 0 aliphatic rings. The number of amides is 1. The van der Waals surface area contributed by atoms with E-state index in [0.717, 1.165) is 5.56 Å². The van der Waals surface area contributed by atoms with Gasteiger partial charge in [0.15, 0.2) is 11.5 Å². The van der Waals surface area contributed by atoms with Crippen molar-refractivity contribution in [3.05, 3.63) is 63.6 Å². The fourth-order valence-electron chi connectivity index (χ4n) is 1.93. The van der Waals surface area contributed by atoms with E-state index >= 15 is 0 Å². The van der Waals surface area contributed by atoms with E-state index < -0.39 is 0 Å². The van der Waals surface area contributed by atoms with Crippen molar-refractivity contribution in [1.29, 1.82) is 0 Å². The molecule has 2 aromatic rings. The maximum Gasteiger partial charge on any atom is 0.244 e. The number of aromatic hydroxyl groups is 2. The lowest BCUT2D eigenvalue weighted by atomic mass is 10.1. The molecule has 3 N–H and O–H groups in total. The van der Waals surface area contributed by atoms with E-state index in [1.807, 2.05) is 0 Å². The number of benzene rings is 2. The van der Waals surface area contributed by atoms with E-state index in [4.69, 9.17) is 23.2 Å². The molecule has 0 unspecified atom stereocenters. The van der Waals surface area contributed by atoms with E-state index in [9.17, 15) is 15.0 Å². The number of rotatable bonds is 5. The van der Waals surface area contributed by atoms with Crippen LogP contribution in [-0.2, 0) is 11.2 Å². The molecule has 23 heavy (non-hydrogen) atoms. The van der Waals surface area contributed by atoms with Crippen LogP contribution in [0.5, 0.6) is 11.5 Å². The lowest BCUT2D eigenvalue weighted by molar-refractivity contribution is -0.116. The van der Waals surface area contributed by atoms with Gasteiger partial charge in [-0.2, -0.15) is 0 Å². The maximum atomic E-state index is 11.8. The van der Waals surface area contributed by atoms with Crippen molar-refractivity contribution in [3.63, 3.8) is 0 Å². The fraction of sp³-hybridized carbons (Fsp3) is 0.118. The summed E-state index contributed by atoms with van der Waals surface area (Å²) in [5.74, 6) is -0.604. The first-order chi connectivity index (χ1) is 11.0. The van der Waals surface area contributed by atoms with Gasteiger partial charge < -0.3 is 15.5 Å². The third-order valence-electron chi connectivity index (χ3n) is 3.15. The van der Waals surface area contributed by atoms with Crippen LogP contribution in [0.3, 0.4) is 0 Å². The van der Waals surface area contributed by atoms with E-state index in [2.05, 4.69) is 5.32 Å². The summed E-state index contributed by atoms with van der Waals surface area (Å²) in [7, 11) is 0. The molecule has 0 saturated heterocycles. The maximum absolute atomic E-state index is 11.8. The fourth-order valence-corrected chi connectivity index (χ4v) is 2.30. The van der Waals surface area contributed by atoms with E-state index in [0.29, 0.717) is 28.6 Å². The molecule has 0 atom stereocenters. The van der Waals surface area contributed by atoms with Gasteiger partial charge in [-0.15, -0.1) is 0 Å². The Kier molecular flexibility index (Phi) is 5.90. The van der Waals surface area contributed by atoms with Crippen molar-refractivity contribution >= 4 is 35.2 Å². The van der Waals surface area contributed by atoms with Gasteiger partial charge in [0.05, 0.1) is 10.0 Å². The summed E-state index contributed by atoms with van der Waals surface area (Å²) in [4.78, 5) is 11.8. The highest BCUT2D eigenvalue weighted by Gasteiger charge is 2.03. The first kappa shape index (κ1) is 17.2. The van der Waals surface area contributed by atoms with Crippen LogP contribution in [0, 0.1) is 0 Å². The molecule has 0 fully saturated rings. The predicted octanol–water partition coefficient (Wildman–Crippen LogP) is 3.78. The Morgan fingerprint density at radius 3 is 2.65 bits per heavy atom. The van der Waals surface area contributed by atoms with Crippen LogP contribution >= 0.6 is 23.2 Å².